The van der Waals surface area contributed by atoms with Crippen LogP contribution in [-0.4, -0.2) is 23.7 Å². The monoisotopic (exact) mass is 328 g/mol. The molecule has 1 amide bonds. The van der Waals surface area contributed by atoms with E-state index in [0.717, 1.165) is 35.5 Å². The van der Waals surface area contributed by atoms with Gasteiger partial charge in [0.1, 0.15) is 6.04 Å². The Balaban J connectivity index is 1.86. The molecular weight excluding hydrogens is 304 g/mol. The van der Waals surface area contributed by atoms with Crippen LogP contribution in [0.2, 0.25) is 0 Å². The summed E-state index contributed by atoms with van der Waals surface area (Å²) in [6.07, 6.45) is 8.71. The summed E-state index contributed by atoms with van der Waals surface area (Å²) in [5.74, 6) is 1.17. The first-order valence-corrected chi connectivity index (χ1v) is 8.40. The Morgan fingerprint density at radius 3 is 2.62 bits per heavy atom. The summed E-state index contributed by atoms with van der Waals surface area (Å²) in [7, 11) is 1.65. The first kappa shape index (κ1) is 16.4. The molecule has 24 heavy (non-hydrogen) atoms. The Bertz CT molecular complexity index is 717. The molecule has 0 bridgehead atoms. The van der Waals surface area contributed by atoms with E-state index in [1.807, 2.05) is 41.2 Å². The molecule has 0 spiro atoms. The van der Waals surface area contributed by atoms with Gasteiger partial charge in [-0.15, -0.1) is 0 Å². The lowest BCUT2D eigenvalue weighted by Crippen LogP contribution is -2.22. The molecule has 1 unspecified atom stereocenters. The second-order valence-corrected chi connectivity index (χ2v) is 6.32. The van der Waals surface area contributed by atoms with Crippen LogP contribution in [0, 0.1) is 0 Å². The number of hydrogen-bond donors (Lipinski definition) is 1. The number of aromatic nitrogens is 1. The first-order valence-electron chi connectivity index (χ1n) is 8.40. The van der Waals surface area contributed by atoms with Crippen molar-refractivity contribution in [1.82, 2.24) is 4.57 Å². The predicted molar refractivity (Wildman–Crippen MR) is 93.2 cm³/mol. The number of primary amides is 1. The molecular formula is C19H24N2O3. The van der Waals surface area contributed by atoms with E-state index in [-0.39, 0.29) is 18.1 Å². The van der Waals surface area contributed by atoms with Crippen LogP contribution in [0.1, 0.15) is 38.6 Å². The third-order valence-corrected chi connectivity index (χ3v) is 4.67. The number of amides is 1. The van der Waals surface area contributed by atoms with Crippen molar-refractivity contribution in [1.29, 1.82) is 0 Å². The SMILES string of the molecule is COc1ccc(-c2ccn(C(C)C(N)=O)c2)cc1OC1CCCC1. The van der Waals surface area contributed by atoms with Crippen LogP contribution in [0.25, 0.3) is 11.1 Å². The van der Waals surface area contributed by atoms with Crippen LogP contribution in [0.5, 0.6) is 11.5 Å². The maximum Gasteiger partial charge on any atom is 0.240 e. The zero-order chi connectivity index (χ0) is 17.1. The van der Waals surface area contributed by atoms with Gasteiger partial charge in [-0.2, -0.15) is 0 Å². The molecule has 1 aromatic heterocycles. The van der Waals surface area contributed by atoms with Gasteiger partial charge in [-0.05, 0) is 61.9 Å². The number of methoxy groups -OCH3 is 1. The smallest absolute Gasteiger partial charge is 0.240 e. The molecule has 0 saturated heterocycles. The zero-order valence-electron chi connectivity index (χ0n) is 14.2. The van der Waals surface area contributed by atoms with Gasteiger partial charge in [-0.3, -0.25) is 4.79 Å². The number of nitrogens with two attached hydrogens (primary N) is 1. The van der Waals surface area contributed by atoms with Gasteiger partial charge in [0.15, 0.2) is 11.5 Å². The van der Waals surface area contributed by atoms with Crippen molar-refractivity contribution in [2.75, 3.05) is 7.11 Å². The Hall–Kier alpha value is -2.43. The first-order chi connectivity index (χ1) is 11.6. The highest BCUT2D eigenvalue weighted by molar-refractivity contribution is 5.78. The molecule has 0 radical (unpaired) electrons. The maximum absolute atomic E-state index is 11.3. The molecule has 1 saturated carbocycles. The summed E-state index contributed by atoms with van der Waals surface area (Å²) < 4.78 is 13.4. The average Bonchev–Trinajstić information content (AvgIpc) is 3.25. The van der Waals surface area contributed by atoms with Gasteiger partial charge in [-0.1, -0.05) is 6.07 Å². The largest absolute Gasteiger partial charge is 0.493 e. The van der Waals surface area contributed by atoms with E-state index in [1.165, 1.54) is 12.8 Å². The van der Waals surface area contributed by atoms with Gasteiger partial charge >= 0.3 is 0 Å². The van der Waals surface area contributed by atoms with Crippen molar-refractivity contribution in [3.8, 4) is 22.6 Å². The van der Waals surface area contributed by atoms with Gasteiger partial charge in [0.2, 0.25) is 5.91 Å². The van der Waals surface area contributed by atoms with Crippen LogP contribution in [0.4, 0.5) is 0 Å². The topological polar surface area (TPSA) is 66.5 Å². The number of carbonyl (C=O) groups is 1. The molecule has 1 heterocycles. The molecule has 1 fully saturated rings. The molecule has 1 atom stereocenters. The minimum absolute atomic E-state index is 0.272. The fraction of sp³-hybridized carbons (Fsp3) is 0.421. The van der Waals surface area contributed by atoms with Crippen LogP contribution in [0.15, 0.2) is 36.7 Å². The van der Waals surface area contributed by atoms with Crippen LogP contribution in [0.3, 0.4) is 0 Å². The van der Waals surface area contributed by atoms with Crippen LogP contribution >= 0.6 is 0 Å². The second kappa shape index (κ2) is 6.99. The summed E-state index contributed by atoms with van der Waals surface area (Å²) in [6.45, 7) is 1.79. The quantitative estimate of drug-likeness (QED) is 0.882. The van der Waals surface area contributed by atoms with Gasteiger partial charge in [-0.25, -0.2) is 0 Å². The average molecular weight is 328 g/mol. The number of rotatable bonds is 6. The lowest BCUT2D eigenvalue weighted by Gasteiger charge is -2.16. The minimum Gasteiger partial charge on any atom is -0.493 e. The van der Waals surface area contributed by atoms with Gasteiger partial charge in [0, 0.05) is 12.4 Å². The van der Waals surface area contributed by atoms with Gasteiger partial charge < -0.3 is 19.8 Å². The van der Waals surface area contributed by atoms with Crippen molar-refractivity contribution in [2.45, 2.75) is 44.8 Å². The Kier molecular flexibility index (Phi) is 4.79. The van der Waals surface area contributed by atoms with E-state index in [4.69, 9.17) is 15.2 Å². The minimum atomic E-state index is -0.369. The predicted octanol–water partition coefficient (Wildman–Crippen LogP) is 3.53. The number of ether oxygens (including phenoxy) is 2. The second-order valence-electron chi connectivity index (χ2n) is 6.32. The Labute approximate surface area is 142 Å². The molecule has 3 rings (SSSR count). The molecule has 2 aromatic rings. The van der Waals surface area contributed by atoms with Crippen molar-refractivity contribution < 1.29 is 14.3 Å². The normalized spacial score (nSPS) is 16.1. The highest BCUT2D eigenvalue weighted by Gasteiger charge is 2.19. The van der Waals surface area contributed by atoms with E-state index in [0.29, 0.717) is 0 Å². The van der Waals surface area contributed by atoms with Crippen molar-refractivity contribution in [3.05, 3.63) is 36.7 Å². The van der Waals surface area contributed by atoms with Gasteiger partial charge in [0.25, 0.3) is 0 Å². The summed E-state index contributed by atoms with van der Waals surface area (Å²) in [5, 5.41) is 0. The molecule has 0 aliphatic heterocycles. The van der Waals surface area contributed by atoms with Crippen molar-refractivity contribution >= 4 is 5.91 Å². The molecule has 1 aliphatic carbocycles. The number of hydrogen-bond acceptors (Lipinski definition) is 3. The number of nitrogens with zero attached hydrogens (tertiary/aromatic N) is 1. The Morgan fingerprint density at radius 2 is 1.96 bits per heavy atom. The summed E-state index contributed by atoms with van der Waals surface area (Å²) in [4.78, 5) is 11.3. The molecule has 1 aromatic carbocycles. The molecule has 128 valence electrons. The third-order valence-electron chi connectivity index (χ3n) is 4.67. The number of benzene rings is 1. The maximum atomic E-state index is 11.3. The third kappa shape index (κ3) is 3.40. The van der Waals surface area contributed by atoms with Crippen molar-refractivity contribution in [2.24, 2.45) is 5.73 Å². The highest BCUT2D eigenvalue weighted by Crippen LogP contribution is 2.35. The summed E-state index contributed by atoms with van der Waals surface area (Å²) >= 11 is 0. The van der Waals surface area contributed by atoms with E-state index in [9.17, 15) is 4.79 Å². The fourth-order valence-corrected chi connectivity index (χ4v) is 3.11. The van der Waals surface area contributed by atoms with E-state index in [1.54, 1.807) is 14.0 Å². The van der Waals surface area contributed by atoms with Crippen molar-refractivity contribution in [3.63, 3.8) is 0 Å². The van der Waals surface area contributed by atoms with Crippen LogP contribution < -0.4 is 15.2 Å². The Morgan fingerprint density at radius 1 is 1.21 bits per heavy atom. The fourth-order valence-electron chi connectivity index (χ4n) is 3.11. The lowest BCUT2D eigenvalue weighted by atomic mass is 10.1. The molecule has 1 aliphatic rings. The standard InChI is InChI=1S/C19H24N2O3/c1-13(19(20)22)21-10-9-15(12-21)14-7-8-17(23-2)18(11-14)24-16-5-3-4-6-16/h7-13,16H,3-6H2,1-2H3,(H2,20,22). The van der Waals surface area contributed by atoms with E-state index < -0.39 is 0 Å². The molecule has 5 heteroatoms. The van der Waals surface area contributed by atoms with E-state index >= 15 is 0 Å². The zero-order valence-corrected chi connectivity index (χ0v) is 14.2. The lowest BCUT2D eigenvalue weighted by molar-refractivity contribution is -0.120. The van der Waals surface area contributed by atoms with Gasteiger partial charge in [0.05, 0.1) is 13.2 Å². The number of carbonyl (C=O) groups excluding carboxylic acids is 1. The molecule has 2 N–H and O–H groups in total. The van der Waals surface area contributed by atoms with Crippen LogP contribution in [-0.2, 0) is 4.79 Å². The van der Waals surface area contributed by atoms with E-state index in [2.05, 4.69) is 0 Å². The molecule has 5 nitrogen and oxygen atoms in total. The summed E-state index contributed by atoms with van der Waals surface area (Å²) in [5.41, 5.74) is 7.42. The summed E-state index contributed by atoms with van der Waals surface area (Å²) in [6, 6.07) is 7.53. The highest BCUT2D eigenvalue weighted by atomic mass is 16.5.